The number of hydrogen-bond acceptors (Lipinski definition) is 3. The first-order chi connectivity index (χ1) is 10.1. The SMILES string of the molecule is CCCN(c1c(CO)c(C)nn1-c1ccccc1)C(C)C. The maximum atomic E-state index is 9.78. The van der Waals surface area contributed by atoms with Crippen molar-refractivity contribution in [3.63, 3.8) is 0 Å². The third-order valence-electron chi connectivity index (χ3n) is 3.68. The van der Waals surface area contributed by atoms with Crippen LogP contribution < -0.4 is 4.90 Å². The first-order valence-corrected chi connectivity index (χ1v) is 7.61. The molecule has 0 saturated heterocycles. The molecule has 0 aliphatic rings. The molecule has 4 heteroatoms. The van der Waals surface area contributed by atoms with Crippen molar-refractivity contribution >= 4 is 5.82 Å². The summed E-state index contributed by atoms with van der Waals surface area (Å²) in [6.07, 6.45) is 1.06. The molecule has 0 radical (unpaired) electrons. The summed E-state index contributed by atoms with van der Waals surface area (Å²) in [5.41, 5.74) is 2.83. The molecule has 0 bridgehead atoms. The van der Waals surface area contributed by atoms with E-state index in [1.54, 1.807) is 0 Å². The minimum absolute atomic E-state index is 0.0148. The summed E-state index contributed by atoms with van der Waals surface area (Å²) in [7, 11) is 0. The van der Waals surface area contributed by atoms with Gasteiger partial charge in [-0.05, 0) is 39.3 Å². The average molecular weight is 287 g/mol. The number of benzene rings is 1. The number of anilines is 1. The van der Waals surface area contributed by atoms with Crippen molar-refractivity contribution < 1.29 is 5.11 Å². The van der Waals surface area contributed by atoms with Crippen LogP contribution in [0.5, 0.6) is 0 Å². The largest absolute Gasteiger partial charge is 0.391 e. The number of nitrogens with zero attached hydrogens (tertiary/aromatic N) is 3. The first kappa shape index (κ1) is 15.6. The van der Waals surface area contributed by atoms with Gasteiger partial charge in [-0.2, -0.15) is 5.10 Å². The van der Waals surface area contributed by atoms with Crippen LogP contribution in [-0.2, 0) is 6.61 Å². The van der Waals surface area contributed by atoms with Crippen molar-refractivity contribution in [2.24, 2.45) is 0 Å². The van der Waals surface area contributed by atoms with Gasteiger partial charge in [-0.15, -0.1) is 0 Å². The second kappa shape index (κ2) is 6.76. The van der Waals surface area contributed by atoms with Crippen LogP contribution in [0, 0.1) is 6.92 Å². The molecular formula is C17H25N3O. The highest BCUT2D eigenvalue weighted by Gasteiger charge is 2.22. The molecule has 0 atom stereocenters. The second-order valence-electron chi connectivity index (χ2n) is 5.58. The fourth-order valence-electron chi connectivity index (χ4n) is 2.63. The van der Waals surface area contributed by atoms with E-state index in [1.807, 2.05) is 41.9 Å². The lowest BCUT2D eigenvalue weighted by molar-refractivity contribution is 0.281. The first-order valence-electron chi connectivity index (χ1n) is 7.61. The van der Waals surface area contributed by atoms with Gasteiger partial charge in [-0.3, -0.25) is 0 Å². The molecule has 0 amide bonds. The molecule has 21 heavy (non-hydrogen) atoms. The number of aliphatic hydroxyl groups excluding tert-OH is 1. The number of aryl methyl sites for hydroxylation is 1. The van der Waals surface area contributed by atoms with Gasteiger partial charge in [0.1, 0.15) is 5.82 Å². The van der Waals surface area contributed by atoms with E-state index in [0.29, 0.717) is 6.04 Å². The van der Waals surface area contributed by atoms with Gasteiger partial charge in [0.15, 0.2) is 0 Å². The summed E-state index contributed by atoms with van der Waals surface area (Å²) in [6.45, 7) is 9.44. The minimum Gasteiger partial charge on any atom is -0.391 e. The third-order valence-corrected chi connectivity index (χ3v) is 3.68. The minimum atomic E-state index is 0.0148. The van der Waals surface area contributed by atoms with Crippen LogP contribution in [0.3, 0.4) is 0 Å². The Hall–Kier alpha value is -1.81. The molecular weight excluding hydrogens is 262 g/mol. The van der Waals surface area contributed by atoms with Gasteiger partial charge in [-0.25, -0.2) is 4.68 Å². The molecule has 114 valence electrons. The van der Waals surface area contributed by atoms with E-state index >= 15 is 0 Å². The van der Waals surface area contributed by atoms with Crippen molar-refractivity contribution in [3.8, 4) is 5.69 Å². The quantitative estimate of drug-likeness (QED) is 0.886. The van der Waals surface area contributed by atoms with E-state index in [9.17, 15) is 5.11 Å². The highest BCUT2D eigenvalue weighted by atomic mass is 16.3. The molecule has 0 aliphatic heterocycles. The fraction of sp³-hybridized carbons (Fsp3) is 0.471. The van der Waals surface area contributed by atoms with Crippen LogP contribution in [0.25, 0.3) is 5.69 Å². The molecule has 0 fully saturated rings. The molecule has 0 unspecified atom stereocenters. The predicted octanol–water partition coefficient (Wildman–Crippen LogP) is 3.30. The van der Waals surface area contributed by atoms with Crippen molar-refractivity contribution in [2.45, 2.75) is 46.8 Å². The summed E-state index contributed by atoms with van der Waals surface area (Å²) in [6, 6.07) is 10.5. The average Bonchev–Trinajstić information content (AvgIpc) is 2.81. The molecule has 1 aromatic heterocycles. The Bertz CT molecular complexity index is 575. The highest BCUT2D eigenvalue weighted by molar-refractivity contribution is 5.55. The molecule has 1 heterocycles. The lowest BCUT2D eigenvalue weighted by Gasteiger charge is -2.30. The van der Waals surface area contributed by atoms with Crippen LogP contribution in [0.4, 0.5) is 5.82 Å². The summed E-state index contributed by atoms with van der Waals surface area (Å²) in [5.74, 6) is 1.01. The van der Waals surface area contributed by atoms with Crippen molar-refractivity contribution in [2.75, 3.05) is 11.4 Å². The Balaban J connectivity index is 2.61. The smallest absolute Gasteiger partial charge is 0.138 e. The predicted molar refractivity (Wildman–Crippen MR) is 87.0 cm³/mol. The highest BCUT2D eigenvalue weighted by Crippen LogP contribution is 2.29. The zero-order chi connectivity index (χ0) is 15.4. The number of rotatable bonds is 6. The molecule has 1 N–H and O–H groups in total. The van der Waals surface area contributed by atoms with Gasteiger partial charge in [0, 0.05) is 18.2 Å². The summed E-state index contributed by atoms with van der Waals surface area (Å²) >= 11 is 0. The molecule has 2 aromatic rings. The van der Waals surface area contributed by atoms with Crippen LogP contribution in [0.1, 0.15) is 38.4 Å². The van der Waals surface area contributed by atoms with E-state index in [1.165, 1.54) is 0 Å². The van der Waals surface area contributed by atoms with Gasteiger partial charge >= 0.3 is 0 Å². The Morgan fingerprint density at radius 1 is 1.24 bits per heavy atom. The van der Waals surface area contributed by atoms with E-state index in [-0.39, 0.29) is 6.61 Å². The van der Waals surface area contributed by atoms with Crippen molar-refractivity contribution in [1.29, 1.82) is 0 Å². The molecule has 2 rings (SSSR count). The van der Waals surface area contributed by atoms with Crippen LogP contribution in [-0.4, -0.2) is 27.5 Å². The van der Waals surface area contributed by atoms with Crippen LogP contribution >= 0.6 is 0 Å². The molecule has 0 spiro atoms. The van der Waals surface area contributed by atoms with Gasteiger partial charge in [0.25, 0.3) is 0 Å². The van der Waals surface area contributed by atoms with Gasteiger partial charge in [-0.1, -0.05) is 25.1 Å². The number of hydrogen-bond donors (Lipinski definition) is 1. The Morgan fingerprint density at radius 2 is 1.90 bits per heavy atom. The van der Waals surface area contributed by atoms with E-state index in [4.69, 9.17) is 0 Å². The number of aliphatic hydroxyl groups is 1. The lowest BCUT2D eigenvalue weighted by atomic mass is 10.2. The Morgan fingerprint density at radius 3 is 2.43 bits per heavy atom. The molecule has 1 aromatic carbocycles. The molecule has 4 nitrogen and oxygen atoms in total. The molecule has 0 aliphatic carbocycles. The van der Waals surface area contributed by atoms with Crippen LogP contribution in [0.15, 0.2) is 30.3 Å². The Kier molecular flexibility index (Phi) is 5.02. The van der Waals surface area contributed by atoms with Gasteiger partial charge < -0.3 is 10.0 Å². The third kappa shape index (κ3) is 3.10. The standard InChI is InChI=1S/C17H25N3O/c1-5-11-19(13(2)3)17-16(12-21)14(4)18-20(17)15-9-7-6-8-10-15/h6-10,13,21H,5,11-12H2,1-4H3. The van der Waals surface area contributed by atoms with Crippen LogP contribution in [0.2, 0.25) is 0 Å². The zero-order valence-electron chi connectivity index (χ0n) is 13.4. The monoisotopic (exact) mass is 287 g/mol. The summed E-state index contributed by atoms with van der Waals surface area (Å²) in [5, 5.41) is 14.4. The van der Waals surface area contributed by atoms with E-state index in [0.717, 1.165) is 35.7 Å². The lowest BCUT2D eigenvalue weighted by Crippen LogP contribution is -2.34. The normalized spacial score (nSPS) is 11.1. The second-order valence-corrected chi connectivity index (χ2v) is 5.58. The summed E-state index contributed by atoms with van der Waals surface area (Å²) in [4.78, 5) is 2.32. The van der Waals surface area contributed by atoms with Gasteiger partial charge in [0.05, 0.1) is 18.0 Å². The van der Waals surface area contributed by atoms with Crippen molar-refractivity contribution in [1.82, 2.24) is 9.78 Å². The van der Waals surface area contributed by atoms with E-state index < -0.39 is 0 Å². The topological polar surface area (TPSA) is 41.3 Å². The van der Waals surface area contributed by atoms with E-state index in [2.05, 4.69) is 30.8 Å². The maximum Gasteiger partial charge on any atom is 0.138 e. The van der Waals surface area contributed by atoms with Gasteiger partial charge in [0.2, 0.25) is 0 Å². The number of aromatic nitrogens is 2. The maximum absolute atomic E-state index is 9.78. The fourth-order valence-corrected chi connectivity index (χ4v) is 2.63. The van der Waals surface area contributed by atoms with Crippen molar-refractivity contribution in [3.05, 3.63) is 41.6 Å². The number of para-hydroxylation sites is 1. The summed E-state index contributed by atoms with van der Waals surface area (Å²) < 4.78 is 1.95. The Labute approximate surface area is 127 Å². The zero-order valence-corrected chi connectivity index (χ0v) is 13.4. The molecule has 0 saturated carbocycles.